The molecule has 1 atom stereocenters. The van der Waals surface area contributed by atoms with Crippen molar-refractivity contribution in [3.05, 3.63) is 90.5 Å². The highest BCUT2D eigenvalue weighted by Gasteiger charge is 2.26. The predicted molar refractivity (Wildman–Crippen MR) is 142 cm³/mol. The van der Waals surface area contributed by atoms with Gasteiger partial charge in [-0.3, -0.25) is 0 Å². The number of unbranched alkanes of at least 4 members (excludes halogenated alkanes) is 3. The number of carbonyl (C=O) groups is 2. The first-order valence-electron chi connectivity index (χ1n) is 12.6. The van der Waals surface area contributed by atoms with Crippen LogP contribution < -0.4 is 14.2 Å². The van der Waals surface area contributed by atoms with Crippen molar-refractivity contribution in [2.45, 2.75) is 44.6 Å². The number of benzene rings is 3. The Morgan fingerprint density at radius 3 is 2.03 bits per heavy atom. The van der Waals surface area contributed by atoms with Crippen molar-refractivity contribution in [1.82, 2.24) is 0 Å². The summed E-state index contributed by atoms with van der Waals surface area (Å²) in [5, 5.41) is 0. The van der Waals surface area contributed by atoms with Gasteiger partial charge in [-0.05, 0) is 78.9 Å². The molecule has 0 spiro atoms. The second-order valence-electron chi connectivity index (χ2n) is 9.05. The zero-order chi connectivity index (χ0) is 26.0. The lowest BCUT2D eigenvalue weighted by molar-refractivity contribution is -0.139. The Morgan fingerprint density at radius 1 is 0.838 bits per heavy atom. The first-order chi connectivity index (χ1) is 18.0. The molecule has 3 aromatic rings. The number of carbonyl (C=O) groups excluding carboxylic acids is 2. The smallest absolute Gasteiger partial charge is 0.343 e. The standard InChI is InChI=1S/C31H32O6/c1-22-21-29(37-30(22)32)7-5-3-4-6-20-35-27-16-12-25(13-17-27)31(33)36-28-18-10-24(11-19-28)23-8-14-26(34-2)15-9-23/h8-19,29H,1,3-7,20-21H2,2H3. The molecule has 0 N–H and O–H groups in total. The van der Waals surface area contributed by atoms with Gasteiger partial charge in [-0.25, -0.2) is 9.59 Å². The zero-order valence-corrected chi connectivity index (χ0v) is 21.1. The summed E-state index contributed by atoms with van der Waals surface area (Å²) in [5.74, 6) is 1.34. The van der Waals surface area contributed by atoms with Gasteiger partial charge in [-0.1, -0.05) is 43.7 Å². The number of esters is 2. The molecule has 1 unspecified atom stereocenters. The Kier molecular flexibility index (Phi) is 8.98. The van der Waals surface area contributed by atoms with Crippen molar-refractivity contribution in [2.24, 2.45) is 0 Å². The Balaban J connectivity index is 1.15. The van der Waals surface area contributed by atoms with Crippen LogP contribution in [-0.4, -0.2) is 31.8 Å². The number of methoxy groups -OCH3 is 1. The molecule has 0 radical (unpaired) electrons. The van der Waals surface area contributed by atoms with Crippen LogP contribution in [0.4, 0.5) is 0 Å². The Hall–Kier alpha value is -4.06. The summed E-state index contributed by atoms with van der Waals surface area (Å²) in [7, 11) is 1.64. The molecule has 6 heteroatoms. The van der Waals surface area contributed by atoms with Gasteiger partial charge in [0, 0.05) is 12.0 Å². The van der Waals surface area contributed by atoms with Crippen LogP contribution in [0.15, 0.2) is 84.9 Å². The third kappa shape index (κ3) is 7.46. The molecule has 0 aliphatic carbocycles. The lowest BCUT2D eigenvalue weighted by Gasteiger charge is -2.09. The summed E-state index contributed by atoms with van der Waals surface area (Å²) in [5.41, 5.74) is 3.12. The second kappa shape index (κ2) is 12.8. The Morgan fingerprint density at radius 2 is 1.43 bits per heavy atom. The SMILES string of the molecule is C=C1CC(CCCCCCOc2ccc(C(=O)Oc3ccc(-c4ccc(OC)cc4)cc3)cc2)OC1=O. The molecule has 0 saturated carbocycles. The predicted octanol–water partition coefficient (Wildman–Crippen LogP) is 6.78. The van der Waals surface area contributed by atoms with Crippen molar-refractivity contribution in [1.29, 1.82) is 0 Å². The van der Waals surface area contributed by atoms with Crippen LogP contribution in [0.5, 0.6) is 17.2 Å². The number of hydrogen-bond donors (Lipinski definition) is 0. The van der Waals surface area contributed by atoms with Gasteiger partial charge in [0.05, 0.1) is 19.3 Å². The summed E-state index contributed by atoms with van der Waals surface area (Å²) in [4.78, 5) is 23.9. The van der Waals surface area contributed by atoms with Gasteiger partial charge in [0.15, 0.2) is 0 Å². The maximum atomic E-state index is 12.5. The third-order valence-corrected chi connectivity index (χ3v) is 6.30. The van der Waals surface area contributed by atoms with E-state index in [0.717, 1.165) is 54.7 Å². The average Bonchev–Trinajstić information content (AvgIpc) is 3.25. The summed E-state index contributed by atoms with van der Waals surface area (Å²) >= 11 is 0. The number of rotatable bonds is 12. The maximum absolute atomic E-state index is 12.5. The normalized spacial score (nSPS) is 14.8. The van der Waals surface area contributed by atoms with E-state index >= 15 is 0 Å². The molecule has 4 rings (SSSR count). The minimum atomic E-state index is -0.416. The van der Waals surface area contributed by atoms with Gasteiger partial charge >= 0.3 is 11.9 Å². The van der Waals surface area contributed by atoms with Gasteiger partial charge in [0.25, 0.3) is 0 Å². The first kappa shape index (κ1) is 26.0. The molecule has 1 fully saturated rings. The molecule has 0 aromatic heterocycles. The van der Waals surface area contributed by atoms with Crippen LogP contribution in [-0.2, 0) is 9.53 Å². The van der Waals surface area contributed by atoms with E-state index in [2.05, 4.69) is 6.58 Å². The molecule has 0 bridgehead atoms. The van der Waals surface area contributed by atoms with Gasteiger partial charge < -0.3 is 18.9 Å². The third-order valence-electron chi connectivity index (χ3n) is 6.30. The molecule has 192 valence electrons. The minimum absolute atomic E-state index is 0.000164. The van der Waals surface area contributed by atoms with E-state index in [1.807, 2.05) is 36.4 Å². The van der Waals surface area contributed by atoms with Crippen LogP contribution >= 0.6 is 0 Å². The van der Waals surface area contributed by atoms with Crippen molar-refractivity contribution < 1.29 is 28.5 Å². The summed E-state index contributed by atoms with van der Waals surface area (Å²) in [6.45, 7) is 4.32. The van der Waals surface area contributed by atoms with E-state index < -0.39 is 5.97 Å². The minimum Gasteiger partial charge on any atom is -0.497 e. The monoisotopic (exact) mass is 500 g/mol. The van der Waals surface area contributed by atoms with E-state index in [9.17, 15) is 9.59 Å². The zero-order valence-electron chi connectivity index (χ0n) is 21.1. The van der Waals surface area contributed by atoms with Gasteiger partial charge in [0.1, 0.15) is 23.4 Å². The van der Waals surface area contributed by atoms with Gasteiger partial charge in [-0.15, -0.1) is 0 Å². The van der Waals surface area contributed by atoms with Crippen molar-refractivity contribution >= 4 is 11.9 Å². The fourth-order valence-electron chi connectivity index (χ4n) is 4.17. The highest BCUT2D eigenvalue weighted by atomic mass is 16.6. The lowest BCUT2D eigenvalue weighted by Crippen LogP contribution is -2.08. The molecule has 1 aliphatic rings. The summed E-state index contributed by atoms with van der Waals surface area (Å²) < 4.78 is 21.8. The average molecular weight is 501 g/mol. The quantitative estimate of drug-likeness (QED) is 0.118. The van der Waals surface area contributed by atoms with Crippen molar-refractivity contribution in [2.75, 3.05) is 13.7 Å². The highest BCUT2D eigenvalue weighted by molar-refractivity contribution is 5.91. The Labute approximate surface area is 217 Å². The largest absolute Gasteiger partial charge is 0.497 e. The van der Waals surface area contributed by atoms with E-state index in [-0.39, 0.29) is 12.1 Å². The van der Waals surface area contributed by atoms with Crippen molar-refractivity contribution in [3.8, 4) is 28.4 Å². The molecular formula is C31H32O6. The summed E-state index contributed by atoms with van der Waals surface area (Å²) in [6, 6.07) is 22.2. The molecule has 6 nitrogen and oxygen atoms in total. The number of hydrogen-bond acceptors (Lipinski definition) is 6. The van der Waals surface area contributed by atoms with E-state index in [1.165, 1.54) is 0 Å². The summed E-state index contributed by atoms with van der Waals surface area (Å²) in [6.07, 6.45) is 5.61. The first-order valence-corrected chi connectivity index (χ1v) is 12.6. The van der Waals surface area contributed by atoms with Gasteiger partial charge in [-0.2, -0.15) is 0 Å². The molecule has 0 amide bonds. The molecule has 1 aliphatic heterocycles. The molecule has 1 saturated heterocycles. The van der Waals surface area contributed by atoms with Crippen LogP contribution in [0.25, 0.3) is 11.1 Å². The van der Waals surface area contributed by atoms with Gasteiger partial charge in [0.2, 0.25) is 0 Å². The van der Waals surface area contributed by atoms with E-state index in [0.29, 0.717) is 29.9 Å². The fourth-order valence-corrected chi connectivity index (χ4v) is 4.17. The van der Waals surface area contributed by atoms with Crippen LogP contribution in [0.1, 0.15) is 48.9 Å². The second-order valence-corrected chi connectivity index (χ2v) is 9.05. The molecule has 3 aromatic carbocycles. The molecule has 1 heterocycles. The maximum Gasteiger partial charge on any atom is 0.343 e. The number of ether oxygens (including phenoxy) is 4. The van der Waals surface area contributed by atoms with E-state index in [4.69, 9.17) is 18.9 Å². The van der Waals surface area contributed by atoms with Crippen LogP contribution in [0.3, 0.4) is 0 Å². The fraction of sp³-hybridized carbons (Fsp3) is 0.290. The number of cyclic esters (lactones) is 1. The van der Waals surface area contributed by atoms with Crippen molar-refractivity contribution in [3.63, 3.8) is 0 Å². The lowest BCUT2D eigenvalue weighted by atomic mass is 10.1. The molecule has 37 heavy (non-hydrogen) atoms. The topological polar surface area (TPSA) is 71.1 Å². The Bertz CT molecular complexity index is 1180. The molecular weight excluding hydrogens is 468 g/mol. The van der Waals surface area contributed by atoms with E-state index in [1.54, 1.807) is 43.5 Å². The van der Waals surface area contributed by atoms with Crippen LogP contribution in [0.2, 0.25) is 0 Å². The highest BCUT2D eigenvalue weighted by Crippen LogP contribution is 2.26. The van der Waals surface area contributed by atoms with Crippen LogP contribution in [0, 0.1) is 0 Å².